The molecule has 0 aliphatic carbocycles. The zero-order valence-electron chi connectivity index (χ0n) is 15.0. The van der Waals surface area contributed by atoms with Crippen LogP contribution in [0.1, 0.15) is 23.0 Å². The van der Waals surface area contributed by atoms with Gasteiger partial charge >= 0.3 is 0 Å². The van der Waals surface area contributed by atoms with Gasteiger partial charge in [0.2, 0.25) is 0 Å². The number of benzene rings is 2. The van der Waals surface area contributed by atoms with Crippen LogP contribution in [0.25, 0.3) is 16.8 Å². The number of sulfonamides is 1. The number of rotatable bonds is 6. The van der Waals surface area contributed by atoms with Crippen molar-refractivity contribution in [3.05, 3.63) is 81.6 Å². The van der Waals surface area contributed by atoms with E-state index in [1.165, 1.54) is 6.08 Å². The lowest BCUT2D eigenvalue weighted by molar-refractivity contribution is 0.0940. The van der Waals surface area contributed by atoms with Gasteiger partial charge in [0, 0.05) is 17.3 Å². The number of hydrogen-bond donors (Lipinski definition) is 2. The average Bonchev–Trinajstić information content (AvgIpc) is 2.72. The van der Waals surface area contributed by atoms with Crippen LogP contribution in [-0.2, 0) is 16.6 Å². The Bertz CT molecular complexity index is 1200. The molecule has 0 fully saturated rings. The Morgan fingerprint density at radius 3 is 2.39 bits per heavy atom. The van der Waals surface area contributed by atoms with Crippen molar-refractivity contribution in [3.8, 4) is 0 Å². The third kappa shape index (κ3) is 4.33. The van der Waals surface area contributed by atoms with Crippen LogP contribution in [0.15, 0.2) is 64.8 Å². The van der Waals surface area contributed by atoms with Gasteiger partial charge in [0.1, 0.15) is 0 Å². The molecule has 0 unspecified atom stereocenters. The smallest absolute Gasteiger partial charge is 0.272 e. The van der Waals surface area contributed by atoms with Gasteiger partial charge in [-0.05, 0) is 24.6 Å². The van der Waals surface area contributed by atoms with Crippen molar-refractivity contribution in [2.24, 2.45) is 0 Å². The van der Waals surface area contributed by atoms with Crippen LogP contribution in [0.3, 0.4) is 0 Å². The number of carbonyl (C=O) groups excluding carboxylic acids is 1. The number of aryl methyl sites for hydroxylation is 1. The first-order valence-electron chi connectivity index (χ1n) is 8.46. The van der Waals surface area contributed by atoms with E-state index in [9.17, 15) is 18.0 Å². The van der Waals surface area contributed by atoms with E-state index in [-0.39, 0.29) is 17.8 Å². The van der Waals surface area contributed by atoms with Gasteiger partial charge in [-0.2, -0.15) is 5.10 Å². The topological polar surface area (TPSA) is 110 Å². The maximum atomic E-state index is 12.5. The lowest BCUT2D eigenvalue weighted by Crippen LogP contribution is -2.41. The van der Waals surface area contributed by atoms with Crippen molar-refractivity contribution in [3.63, 3.8) is 0 Å². The number of nitrogens with zero attached hydrogens (tertiary/aromatic N) is 2. The van der Waals surface area contributed by atoms with Crippen molar-refractivity contribution in [2.45, 2.75) is 13.5 Å². The van der Waals surface area contributed by atoms with Gasteiger partial charge in [-0.3, -0.25) is 15.0 Å². The molecule has 0 aliphatic heterocycles. The van der Waals surface area contributed by atoms with Gasteiger partial charge in [0.15, 0.2) is 5.69 Å². The molecule has 144 valence electrons. The highest BCUT2D eigenvalue weighted by Crippen LogP contribution is 2.13. The number of hydrazine groups is 1. The number of nitrogens with one attached hydrogen (secondary N) is 2. The zero-order valence-corrected chi connectivity index (χ0v) is 15.8. The molecule has 9 heteroatoms. The van der Waals surface area contributed by atoms with Crippen LogP contribution in [0.5, 0.6) is 0 Å². The standard InChI is InChI=1S/C19H18N4O4S/c1-2-23-19(25)16-11-7-6-10-15(16)17(21-23)18(24)20-22-28(26,27)13-12-14-8-4-3-5-9-14/h3-13,22H,2H2,1H3,(H,20,24)/b13-12+. The van der Waals surface area contributed by atoms with Crippen LogP contribution in [0.4, 0.5) is 0 Å². The first-order valence-corrected chi connectivity index (χ1v) is 10.0. The number of aromatic nitrogens is 2. The minimum Gasteiger partial charge on any atom is -0.272 e. The highest BCUT2D eigenvalue weighted by Gasteiger charge is 2.17. The van der Waals surface area contributed by atoms with Crippen molar-refractivity contribution < 1.29 is 13.2 Å². The van der Waals surface area contributed by atoms with Gasteiger partial charge in [-0.25, -0.2) is 13.1 Å². The molecule has 1 amide bonds. The van der Waals surface area contributed by atoms with Crippen molar-refractivity contribution in [2.75, 3.05) is 0 Å². The summed E-state index contributed by atoms with van der Waals surface area (Å²) in [7, 11) is -3.92. The Morgan fingerprint density at radius 1 is 1.07 bits per heavy atom. The molecule has 0 saturated carbocycles. The Morgan fingerprint density at radius 2 is 1.71 bits per heavy atom. The Kier molecular flexibility index (Phi) is 5.67. The fourth-order valence-corrected chi connectivity index (χ4v) is 3.20. The number of carbonyl (C=O) groups is 1. The number of fused-ring (bicyclic) bond motifs is 1. The first-order chi connectivity index (χ1) is 13.4. The van der Waals surface area contributed by atoms with Crippen LogP contribution in [0, 0.1) is 0 Å². The van der Waals surface area contributed by atoms with E-state index >= 15 is 0 Å². The molecule has 0 aliphatic rings. The van der Waals surface area contributed by atoms with Gasteiger partial charge in [0.05, 0.1) is 5.39 Å². The molecule has 2 N–H and O–H groups in total. The van der Waals surface area contributed by atoms with Crippen molar-refractivity contribution >= 4 is 32.8 Å². The molecule has 3 rings (SSSR count). The summed E-state index contributed by atoms with van der Waals surface area (Å²) in [5.41, 5.74) is 2.46. The Balaban J connectivity index is 1.83. The lowest BCUT2D eigenvalue weighted by atomic mass is 10.1. The quantitative estimate of drug-likeness (QED) is 0.614. The van der Waals surface area contributed by atoms with Crippen LogP contribution < -0.4 is 15.8 Å². The minimum atomic E-state index is -3.92. The second-order valence-corrected chi connectivity index (χ2v) is 7.40. The SMILES string of the molecule is CCn1nc(C(=O)NNS(=O)(=O)/C=C/c2ccccc2)c2ccccc2c1=O. The Hall–Kier alpha value is -3.30. The van der Waals surface area contributed by atoms with Crippen molar-refractivity contribution in [1.82, 2.24) is 20.0 Å². The highest BCUT2D eigenvalue weighted by atomic mass is 32.2. The molecule has 1 aromatic heterocycles. The second kappa shape index (κ2) is 8.15. The van der Waals surface area contributed by atoms with Crippen LogP contribution in [0.2, 0.25) is 0 Å². The third-order valence-electron chi connectivity index (χ3n) is 3.93. The molecule has 0 radical (unpaired) electrons. The predicted molar refractivity (Wildman–Crippen MR) is 107 cm³/mol. The molecule has 3 aromatic rings. The second-order valence-electron chi connectivity index (χ2n) is 5.83. The molecule has 8 nitrogen and oxygen atoms in total. The molecule has 2 aromatic carbocycles. The summed E-state index contributed by atoms with van der Waals surface area (Å²) < 4.78 is 25.3. The summed E-state index contributed by atoms with van der Waals surface area (Å²) in [6, 6.07) is 15.4. The third-order valence-corrected chi connectivity index (χ3v) is 4.81. The molecular formula is C19H18N4O4S. The summed E-state index contributed by atoms with van der Waals surface area (Å²) in [5, 5.41) is 5.67. The number of hydrogen-bond acceptors (Lipinski definition) is 5. The van der Waals surface area contributed by atoms with Gasteiger partial charge in [-0.15, -0.1) is 4.83 Å². The molecule has 0 saturated heterocycles. The molecule has 1 heterocycles. The van der Waals surface area contributed by atoms with E-state index in [0.29, 0.717) is 16.3 Å². The largest absolute Gasteiger partial charge is 0.287 e. The van der Waals surface area contributed by atoms with Gasteiger partial charge in [0.25, 0.3) is 21.5 Å². The fraction of sp³-hybridized carbons (Fsp3) is 0.105. The monoisotopic (exact) mass is 398 g/mol. The van der Waals surface area contributed by atoms with E-state index < -0.39 is 15.9 Å². The molecule has 0 bridgehead atoms. The summed E-state index contributed by atoms with van der Waals surface area (Å²) >= 11 is 0. The van der Waals surface area contributed by atoms with E-state index in [1.54, 1.807) is 55.5 Å². The molecular weight excluding hydrogens is 380 g/mol. The van der Waals surface area contributed by atoms with E-state index in [2.05, 4.69) is 10.5 Å². The van der Waals surface area contributed by atoms with Gasteiger partial charge < -0.3 is 0 Å². The van der Waals surface area contributed by atoms with Gasteiger partial charge in [-0.1, -0.05) is 48.5 Å². The zero-order chi connectivity index (χ0) is 20.1. The summed E-state index contributed by atoms with van der Waals surface area (Å²) in [4.78, 5) is 26.8. The molecule has 0 spiro atoms. The lowest BCUT2D eigenvalue weighted by Gasteiger charge is -2.10. The van der Waals surface area contributed by atoms with E-state index in [1.807, 2.05) is 10.9 Å². The summed E-state index contributed by atoms with van der Waals surface area (Å²) in [6.45, 7) is 2.00. The Labute approximate surface area is 161 Å². The van der Waals surface area contributed by atoms with Crippen LogP contribution in [-0.4, -0.2) is 24.1 Å². The number of amides is 1. The highest BCUT2D eigenvalue weighted by molar-refractivity contribution is 7.92. The summed E-state index contributed by atoms with van der Waals surface area (Å²) in [6.07, 6.45) is 1.40. The first kappa shape index (κ1) is 19.5. The molecule has 28 heavy (non-hydrogen) atoms. The minimum absolute atomic E-state index is 0.0493. The maximum Gasteiger partial charge on any atom is 0.287 e. The van der Waals surface area contributed by atoms with Crippen LogP contribution >= 0.6 is 0 Å². The predicted octanol–water partition coefficient (Wildman–Crippen LogP) is 1.65. The van der Waals surface area contributed by atoms with E-state index in [4.69, 9.17) is 0 Å². The van der Waals surface area contributed by atoms with Crippen molar-refractivity contribution in [1.29, 1.82) is 0 Å². The maximum absolute atomic E-state index is 12.5. The summed E-state index contributed by atoms with van der Waals surface area (Å²) in [5.74, 6) is -0.768. The fourth-order valence-electron chi connectivity index (χ4n) is 2.56. The normalized spacial score (nSPS) is 11.8. The molecule has 0 atom stereocenters. The van der Waals surface area contributed by atoms with E-state index in [0.717, 1.165) is 10.1 Å². The average molecular weight is 398 g/mol.